The Kier molecular flexibility index (Phi) is 8.35. The van der Waals surface area contributed by atoms with Crippen molar-refractivity contribution in [3.63, 3.8) is 0 Å². The van der Waals surface area contributed by atoms with E-state index in [4.69, 9.17) is 0 Å². The molecular formula is C28H23F2NO3. The second-order valence-electron chi connectivity index (χ2n) is 7.64. The molecule has 1 amide bonds. The lowest BCUT2D eigenvalue weighted by Gasteiger charge is -2.24. The van der Waals surface area contributed by atoms with Crippen LogP contribution < -0.4 is 5.32 Å². The van der Waals surface area contributed by atoms with Gasteiger partial charge in [0, 0.05) is 6.92 Å². The summed E-state index contributed by atoms with van der Waals surface area (Å²) in [5.74, 6) is -3.51. The van der Waals surface area contributed by atoms with Gasteiger partial charge in [-0.1, -0.05) is 66.7 Å². The first-order valence-corrected chi connectivity index (χ1v) is 10.6. The molecule has 0 aromatic heterocycles. The van der Waals surface area contributed by atoms with Crippen LogP contribution in [-0.4, -0.2) is 17.5 Å². The van der Waals surface area contributed by atoms with Crippen LogP contribution in [0.3, 0.4) is 0 Å². The summed E-state index contributed by atoms with van der Waals surface area (Å²) in [5, 5.41) is 2.72. The minimum Gasteiger partial charge on any atom is -0.348 e. The summed E-state index contributed by atoms with van der Waals surface area (Å²) in [6.07, 6.45) is 5.47. The molecule has 0 saturated heterocycles. The van der Waals surface area contributed by atoms with Crippen molar-refractivity contribution in [3.8, 4) is 0 Å². The van der Waals surface area contributed by atoms with Crippen molar-refractivity contribution in [1.29, 1.82) is 0 Å². The number of hydrogen-bond acceptors (Lipinski definition) is 3. The lowest BCUT2D eigenvalue weighted by atomic mass is 9.85. The number of hydrogen-bond donors (Lipinski definition) is 1. The lowest BCUT2D eigenvalue weighted by Crippen LogP contribution is -2.39. The second-order valence-corrected chi connectivity index (χ2v) is 7.64. The Morgan fingerprint density at radius 2 is 1.15 bits per heavy atom. The molecular weight excluding hydrogens is 436 g/mol. The van der Waals surface area contributed by atoms with E-state index in [1.54, 1.807) is 30.3 Å². The molecule has 0 fully saturated rings. The van der Waals surface area contributed by atoms with Gasteiger partial charge in [0.25, 0.3) is 0 Å². The van der Waals surface area contributed by atoms with Gasteiger partial charge in [0.05, 0.1) is 6.04 Å². The van der Waals surface area contributed by atoms with Crippen LogP contribution in [0, 0.1) is 17.6 Å². The third kappa shape index (κ3) is 6.90. The van der Waals surface area contributed by atoms with Crippen molar-refractivity contribution in [3.05, 3.63) is 119 Å². The minimum atomic E-state index is -1.25. The minimum absolute atomic E-state index is 0.399. The van der Waals surface area contributed by atoms with Crippen LogP contribution >= 0.6 is 0 Å². The zero-order valence-corrected chi connectivity index (χ0v) is 18.5. The van der Waals surface area contributed by atoms with Gasteiger partial charge in [0.2, 0.25) is 5.91 Å². The summed E-state index contributed by atoms with van der Waals surface area (Å²) in [4.78, 5) is 38.5. The van der Waals surface area contributed by atoms with E-state index in [1.165, 1.54) is 79.8 Å². The number of carbonyl (C=O) groups is 3. The normalized spacial score (nSPS) is 13.0. The maximum atomic E-state index is 13.3. The summed E-state index contributed by atoms with van der Waals surface area (Å²) < 4.78 is 26.4. The van der Waals surface area contributed by atoms with Gasteiger partial charge in [-0.2, -0.15) is 0 Å². The molecule has 0 aliphatic carbocycles. The molecule has 0 heterocycles. The Morgan fingerprint density at radius 1 is 0.706 bits per heavy atom. The first-order chi connectivity index (χ1) is 16.3. The second kappa shape index (κ2) is 11.6. The van der Waals surface area contributed by atoms with E-state index in [2.05, 4.69) is 5.32 Å². The number of ketones is 2. The maximum Gasteiger partial charge on any atom is 0.217 e. The standard InChI is InChI=1S/C28H23F2NO3/c1-19(32)31-28(22-5-3-2-4-6-22)27(25(33)17-11-20-7-13-23(29)14-8-20)26(34)18-12-21-9-15-24(30)16-10-21/h2-18,27-28H,1H3,(H,31,32). The van der Waals surface area contributed by atoms with Gasteiger partial charge in [0.15, 0.2) is 11.6 Å². The first-order valence-electron chi connectivity index (χ1n) is 10.6. The Balaban J connectivity index is 1.96. The average Bonchev–Trinajstić information content (AvgIpc) is 2.83. The molecule has 0 bridgehead atoms. The lowest BCUT2D eigenvalue weighted by molar-refractivity contribution is -0.129. The highest BCUT2D eigenvalue weighted by Crippen LogP contribution is 2.26. The molecule has 6 heteroatoms. The molecule has 0 radical (unpaired) electrons. The molecule has 1 unspecified atom stereocenters. The van der Waals surface area contributed by atoms with Gasteiger partial charge < -0.3 is 5.32 Å². The molecule has 4 nitrogen and oxygen atoms in total. The quantitative estimate of drug-likeness (QED) is 0.348. The predicted octanol–water partition coefficient (Wildman–Crippen LogP) is 5.32. The van der Waals surface area contributed by atoms with Gasteiger partial charge in [-0.05, 0) is 53.1 Å². The summed E-state index contributed by atoms with van der Waals surface area (Å²) in [5.41, 5.74) is 1.76. The Labute approximate surface area is 196 Å². The third-order valence-electron chi connectivity index (χ3n) is 5.08. The number of amides is 1. The molecule has 34 heavy (non-hydrogen) atoms. The van der Waals surface area contributed by atoms with E-state index in [0.717, 1.165) is 0 Å². The molecule has 0 saturated carbocycles. The number of halogens is 2. The highest BCUT2D eigenvalue weighted by atomic mass is 19.1. The molecule has 3 rings (SSSR count). The zero-order chi connectivity index (χ0) is 24.5. The topological polar surface area (TPSA) is 63.2 Å². The fraction of sp³-hybridized carbons (Fsp3) is 0.107. The molecule has 3 aromatic rings. The molecule has 1 N–H and O–H groups in total. The third-order valence-corrected chi connectivity index (χ3v) is 5.08. The van der Waals surface area contributed by atoms with E-state index >= 15 is 0 Å². The van der Waals surface area contributed by atoms with E-state index < -0.39 is 41.1 Å². The first kappa shape index (κ1) is 24.5. The summed E-state index contributed by atoms with van der Waals surface area (Å²) in [7, 11) is 0. The fourth-order valence-electron chi connectivity index (χ4n) is 3.42. The number of nitrogens with one attached hydrogen (secondary N) is 1. The Bertz CT molecular complexity index is 1130. The number of allylic oxidation sites excluding steroid dienone is 2. The number of carbonyl (C=O) groups excluding carboxylic acids is 3. The van der Waals surface area contributed by atoms with Gasteiger partial charge in [0.1, 0.15) is 17.6 Å². The SMILES string of the molecule is CC(=O)NC(c1ccccc1)C(C(=O)C=Cc1ccc(F)cc1)C(=O)C=Cc1ccc(F)cc1. The molecule has 0 aliphatic rings. The van der Waals surface area contributed by atoms with Gasteiger partial charge >= 0.3 is 0 Å². The van der Waals surface area contributed by atoms with Crippen LogP contribution in [0.2, 0.25) is 0 Å². The van der Waals surface area contributed by atoms with Crippen molar-refractivity contribution in [2.45, 2.75) is 13.0 Å². The van der Waals surface area contributed by atoms with E-state index in [1.807, 2.05) is 0 Å². The smallest absolute Gasteiger partial charge is 0.217 e. The van der Waals surface area contributed by atoms with Gasteiger partial charge in [-0.15, -0.1) is 0 Å². The number of rotatable bonds is 9. The van der Waals surface area contributed by atoms with Crippen LogP contribution in [0.5, 0.6) is 0 Å². The van der Waals surface area contributed by atoms with Crippen LogP contribution in [0.1, 0.15) is 29.7 Å². The van der Waals surface area contributed by atoms with Crippen LogP contribution in [0.15, 0.2) is 91.0 Å². The Hall–Kier alpha value is -4.19. The van der Waals surface area contributed by atoms with Crippen molar-refractivity contribution in [2.75, 3.05) is 0 Å². The highest BCUT2D eigenvalue weighted by Gasteiger charge is 2.33. The van der Waals surface area contributed by atoms with Crippen molar-refractivity contribution >= 4 is 29.6 Å². The molecule has 1 atom stereocenters. The van der Waals surface area contributed by atoms with E-state index in [-0.39, 0.29) is 0 Å². The summed E-state index contributed by atoms with van der Waals surface area (Å²) in [6.45, 7) is 1.31. The molecule has 0 spiro atoms. The van der Waals surface area contributed by atoms with Gasteiger partial charge in [-0.3, -0.25) is 14.4 Å². The molecule has 0 aliphatic heterocycles. The largest absolute Gasteiger partial charge is 0.348 e. The summed E-state index contributed by atoms with van der Waals surface area (Å²) >= 11 is 0. The zero-order valence-electron chi connectivity index (χ0n) is 18.5. The maximum absolute atomic E-state index is 13.3. The van der Waals surface area contributed by atoms with Gasteiger partial charge in [-0.25, -0.2) is 8.78 Å². The van der Waals surface area contributed by atoms with E-state index in [0.29, 0.717) is 16.7 Å². The van der Waals surface area contributed by atoms with Crippen molar-refractivity contribution < 1.29 is 23.2 Å². The van der Waals surface area contributed by atoms with Crippen molar-refractivity contribution in [2.24, 2.45) is 5.92 Å². The molecule has 3 aromatic carbocycles. The van der Waals surface area contributed by atoms with Crippen LogP contribution in [0.25, 0.3) is 12.2 Å². The number of benzene rings is 3. The highest BCUT2D eigenvalue weighted by molar-refractivity contribution is 6.14. The van der Waals surface area contributed by atoms with E-state index in [9.17, 15) is 23.2 Å². The fourth-order valence-corrected chi connectivity index (χ4v) is 3.42. The predicted molar refractivity (Wildman–Crippen MR) is 127 cm³/mol. The molecule has 172 valence electrons. The van der Waals surface area contributed by atoms with Crippen LogP contribution in [-0.2, 0) is 14.4 Å². The average molecular weight is 459 g/mol. The monoisotopic (exact) mass is 459 g/mol. The Morgan fingerprint density at radius 3 is 1.56 bits per heavy atom. The van der Waals surface area contributed by atoms with Crippen molar-refractivity contribution in [1.82, 2.24) is 5.32 Å². The summed E-state index contributed by atoms with van der Waals surface area (Å²) in [6, 6.07) is 18.9. The van der Waals surface area contributed by atoms with Crippen LogP contribution in [0.4, 0.5) is 8.78 Å².